The summed E-state index contributed by atoms with van der Waals surface area (Å²) in [5.74, 6) is 0.393. The first kappa shape index (κ1) is 16.8. The van der Waals surface area contributed by atoms with E-state index >= 15 is 0 Å². The Labute approximate surface area is 139 Å². The molecule has 0 bridgehead atoms. The lowest BCUT2D eigenvalue weighted by Gasteiger charge is -2.29. The first-order chi connectivity index (χ1) is 10.1. The highest BCUT2D eigenvalue weighted by atomic mass is 35.5. The van der Waals surface area contributed by atoms with Crippen molar-refractivity contribution < 1.29 is 9.32 Å². The van der Waals surface area contributed by atoms with Crippen molar-refractivity contribution in [3.05, 3.63) is 41.0 Å². The van der Waals surface area contributed by atoms with Crippen LogP contribution in [0.4, 0.5) is 0 Å². The van der Waals surface area contributed by atoms with Crippen LogP contribution in [0.15, 0.2) is 34.9 Å². The van der Waals surface area contributed by atoms with E-state index in [1.54, 1.807) is 23.1 Å². The van der Waals surface area contributed by atoms with Crippen molar-refractivity contribution in [3.63, 3.8) is 0 Å². The zero-order chi connectivity index (χ0) is 14.8. The lowest BCUT2D eigenvalue weighted by molar-refractivity contribution is 0.0698. The summed E-state index contributed by atoms with van der Waals surface area (Å²) >= 11 is 5.95. The second-order valence-corrected chi connectivity index (χ2v) is 5.68. The molecule has 1 aliphatic heterocycles. The normalized spacial score (nSPS) is 17.9. The molecule has 1 saturated heterocycles. The number of hydrogen-bond acceptors (Lipinski definition) is 4. The molecule has 1 amide bonds. The van der Waals surface area contributed by atoms with Crippen LogP contribution < -0.4 is 5.73 Å². The summed E-state index contributed by atoms with van der Waals surface area (Å²) in [7, 11) is 0. The van der Waals surface area contributed by atoms with Gasteiger partial charge in [0.1, 0.15) is 0 Å². The molecule has 118 valence electrons. The summed E-state index contributed by atoms with van der Waals surface area (Å²) in [6.45, 7) is 1.28. The van der Waals surface area contributed by atoms with E-state index in [4.69, 9.17) is 21.9 Å². The molecule has 5 nitrogen and oxygen atoms in total. The zero-order valence-electron chi connectivity index (χ0n) is 11.9. The number of halogens is 2. The van der Waals surface area contributed by atoms with Gasteiger partial charge in [0.15, 0.2) is 11.5 Å². The molecule has 1 atom stereocenters. The van der Waals surface area contributed by atoms with Crippen LogP contribution in [-0.2, 0) is 0 Å². The second kappa shape index (κ2) is 7.13. The Balaban J connectivity index is 0.00000176. The molecule has 3 rings (SSSR count). The maximum absolute atomic E-state index is 12.4. The van der Waals surface area contributed by atoms with Gasteiger partial charge in [-0.05, 0) is 25.0 Å². The molecule has 0 aliphatic carbocycles. The SMILES string of the molecule is Cl.NC1CCCN(C(=O)c2cc(-c3cccc(Cl)c3)on2)C1. The Morgan fingerprint density at radius 1 is 1.41 bits per heavy atom. The summed E-state index contributed by atoms with van der Waals surface area (Å²) in [5, 5.41) is 4.48. The Morgan fingerprint density at radius 2 is 2.23 bits per heavy atom. The van der Waals surface area contributed by atoms with Crippen molar-refractivity contribution in [2.45, 2.75) is 18.9 Å². The summed E-state index contributed by atoms with van der Waals surface area (Å²) in [6.07, 6.45) is 1.88. The van der Waals surface area contributed by atoms with E-state index in [1.807, 2.05) is 12.1 Å². The van der Waals surface area contributed by atoms with Crippen LogP contribution in [0.25, 0.3) is 11.3 Å². The summed E-state index contributed by atoms with van der Waals surface area (Å²) in [6, 6.07) is 8.93. The summed E-state index contributed by atoms with van der Waals surface area (Å²) < 4.78 is 5.26. The first-order valence-corrected chi connectivity index (χ1v) is 7.29. The molecule has 0 radical (unpaired) electrons. The molecule has 1 aromatic heterocycles. The van der Waals surface area contributed by atoms with Gasteiger partial charge in [0.2, 0.25) is 0 Å². The largest absolute Gasteiger partial charge is 0.355 e. The topological polar surface area (TPSA) is 72.4 Å². The van der Waals surface area contributed by atoms with Gasteiger partial charge in [-0.25, -0.2) is 0 Å². The molecule has 7 heteroatoms. The Kier molecular flexibility index (Phi) is 5.45. The van der Waals surface area contributed by atoms with Crippen molar-refractivity contribution in [2.75, 3.05) is 13.1 Å². The van der Waals surface area contributed by atoms with Crippen LogP contribution >= 0.6 is 24.0 Å². The third-order valence-corrected chi connectivity index (χ3v) is 3.82. The van der Waals surface area contributed by atoms with E-state index in [0.29, 0.717) is 29.6 Å². The highest BCUT2D eigenvalue weighted by Crippen LogP contribution is 2.24. The van der Waals surface area contributed by atoms with E-state index in [9.17, 15) is 4.79 Å². The van der Waals surface area contributed by atoms with Crippen LogP contribution in [-0.4, -0.2) is 35.1 Å². The van der Waals surface area contributed by atoms with Gasteiger partial charge >= 0.3 is 0 Å². The van der Waals surface area contributed by atoms with Gasteiger partial charge in [-0.2, -0.15) is 0 Å². The zero-order valence-corrected chi connectivity index (χ0v) is 13.4. The van der Waals surface area contributed by atoms with Gasteiger partial charge in [-0.1, -0.05) is 28.9 Å². The highest BCUT2D eigenvalue weighted by molar-refractivity contribution is 6.30. The van der Waals surface area contributed by atoms with Crippen molar-refractivity contribution in [2.24, 2.45) is 5.73 Å². The molecule has 0 spiro atoms. The average molecular weight is 342 g/mol. The van der Waals surface area contributed by atoms with Crippen molar-refractivity contribution >= 4 is 29.9 Å². The fourth-order valence-corrected chi connectivity index (χ4v) is 2.70. The number of amides is 1. The lowest BCUT2D eigenvalue weighted by Crippen LogP contribution is -2.45. The van der Waals surface area contributed by atoms with Gasteiger partial charge < -0.3 is 15.2 Å². The standard InChI is InChI=1S/C15H16ClN3O2.ClH/c16-11-4-1-3-10(7-11)14-8-13(18-21-14)15(20)19-6-2-5-12(17)9-19;/h1,3-4,7-8,12H,2,5-6,9,17H2;1H. The highest BCUT2D eigenvalue weighted by Gasteiger charge is 2.24. The van der Waals surface area contributed by atoms with Crippen molar-refractivity contribution in [3.8, 4) is 11.3 Å². The minimum atomic E-state index is -0.137. The number of hydrogen-bond donors (Lipinski definition) is 1. The van der Waals surface area contributed by atoms with E-state index < -0.39 is 0 Å². The number of carbonyl (C=O) groups is 1. The Morgan fingerprint density at radius 3 is 2.95 bits per heavy atom. The quantitative estimate of drug-likeness (QED) is 0.911. The van der Waals surface area contributed by atoms with E-state index in [2.05, 4.69) is 5.16 Å². The number of aromatic nitrogens is 1. The summed E-state index contributed by atoms with van der Waals surface area (Å²) in [4.78, 5) is 14.1. The first-order valence-electron chi connectivity index (χ1n) is 6.91. The maximum atomic E-state index is 12.4. The minimum Gasteiger partial charge on any atom is -0.355 e. The maximum Gasteiger partial charge on any atom is 0.276 e. The van der Waals surface area contributed by atoms with Gasteiger partial charge in [0.05, 0.1) is 0 Å². The van der Waals surface area contributed by atoms with E-state index in [0.717, 1.165) is 18.4 Å². The lowest BCUT2D eigenvalue weighted by atomic mass is 10.1. The third-order valence-electron chi connectivity index (χ3n) is 3.58. The number of nitrogens with zero attached hydrogens (tertiary/aromatic N) is 2. The van der Waals surface area contributed by atoms with Crippen LogP contribution in [0.3, 0.4) is 0 Å². The fourth-order valence-electron chi connectivity index (χ4n) is 2.51. The van der Waals surface area contributed by atoms with Crippen molar-refractivity contribution in [1.82, 2.24) is 10.1 Å². The van der Waals surface area contributed by atoms with Crippen LogP contribution in [0.5, 0.6) is 0 Å². The number of benzene rings is 1. The fraction of sp³-hybridized carbons (Fsp3) is 0.333. The smallest absolute Gasteiger partial charge is 0.276 e. The van der Waals surface area contributed by atoms with E-state index in [-0.39, 0.29) is 24.4 Å². The molecule has 1 aromatic carbocycles. The predicted molar refractivity (Wildman–Crippen MR) is 87.3 cm³/mol. The Hall–Kier alpha value is -1.56. The molecular formula is C15H17Cl2N3O2. The van der Waals surface area contributed by atoms with Crippen LogP contribution in [0, 0.1) is 0 Å². The molecule has 0 saturated carbocycles. The van der Waals surface area contributed by atoms with Crippen LogP contribution in [0.2, 0.25) is 5.02 Å². The predicted octanol–water partition coefficient (Wildman–Crippen LogP) is 2.98. The molecule has 1 aliphatic rings. The van der Waals surface area contributed by atoms with Gasteiger partial charge in [0.25, 0.3) is 5.91 Å². The number of rotatable bonds is 2. The second-order valence-electron chi connectivity index (χ2n) is 5.24. The van der Waals surface area contributed by atoms with Gasteiger partial charge in [-0.3, -0.25) is 4.79 Å². The molecule has 1 unspecified atom stereocenters. The number of likely N-dealkylation sites (tertiary alicyclic amines) is 1. The monoisotopic (exact) mass is 341 g/mol. The van der Waals surface area contributed by atoms with E-state index in [1.165, 1.54) is 0 Å². The summed E-state index contributed by atoms with van der Waals surface area (Å²) in [5.41, 5.74) is 7.00. The average Bonchev–Trinajstić information content (AvgIpc) is 2.96. The minimum absolute atomic E-state index is 0. The molecule has 22 heavy (non-hydrogen) atoms. The van der Waals surface area contributed by atoms with Gasteiger partial charge in [0, 0.05) is 35.8 Å². The number of piperidine rings is 1. The molecule has 2 heterocycles. The molecule has 2 N–H and O–H groups in total. The number of carbonyl (C=O) groups excluding carboxylic acids is 1. The number of nitrogens with two attached hydrogens (primary N) is 1. The van der Waals surface area contributed by atoms with Crippen LogP contribution in [0.1, 0.15) is 23.3 Å². The molecule has 2 aromatic rings. The van der Waals surface area contributed by atoms with Gasteiger partial charge in [-0.15, -0.1) is 12.4 Å². The third kappa shape index (κ3) is 3.61. The molecular weight excluding hydrogens is 325 g/mol. The van der Waals surface area contributed by atoms with Crippen molar-refractivity contribution in [1.29, 1.82) is 0 Å². The Bertz CT molecular complexity index is 660. The molecule has 1 fully saturated rings.